The largest absolute Gasteiger partial charge is 0.444 e. The fraction of sp³-hybridized carbons (Fsp3) is 0.400. The molecule has 1 aromatic carbocycles. The number of nitrogen functional groups attached to an aromatic ring is 1. The zero-order valence-corrected chi connectivity index (χ0v) is 22.5. The molecule has 36 heavy (non-hydrogen) atoms. The highest BCUT2D eigenvalue weighted by molar-refractivity contribution is 8.00. The Morgan fingerprint density at radius 1 is 1.19 bits per heavy atom. The van der Waals surface area contributed by atoms with Crippen molar-refractivity contribution in [1.29, 1.82) is 0 Å². The van der Waals surface area contributed by atoms with Gasteiger partial charge in [-0.2, -0.15) is 0 Å². The maximum absolute atomic E-state index is 12.2. The molecular formula is C25H32N6O3S2. The Bertz CT molecular complexity index is 1160. The Labute approximate surface area is 219 Å². The molecule has 11 heteroatoms. The Hall–Kier alpha value is -3.18. The summed E-state index contributed by atoms with van der Waals surface area (Å²) in [4.78, 5) is 29.5. The molecule has 0 aliphatic carbocycles. The molecule has 3 N–H and O–H groups in total. The van der Waals surface area contributed by atoms with Crippen molar-refractivity contribution in [2.75, 3.05) is 24.1 Å². The second kappa shape index (κ2) is 12.7. The van der Waals surface area contributed by atoms with Crippen LogP contribution >= 0.6 is 23.1 Å². The number of amides is 2. The highest BCUT2D eigenvalue weighted by atomic mass is 32.2. The molecule has 2 aromatic heterocycles. The van der Waals surface area contributed by atoms with Crippen molar-refractivity contribution in [1.82, 2.24) is 20.1 Å². The van der Waals surface area contributed by atoms with E-state index >= 15 is 0 Å². The number of hydrogen-bond acceptors (Lipinski definition) is 9. The molecule has 0 atom stereocenters. The molecule has 9 nitrogen and oxygen atoms in total. The van der Waals surface area contributed by atoms with Crippen LogP contribution < -0.4 is 11.1 Å². The number of hydrogen-bond donors (Lipinski definition) is 2. The number of oxazole rings is 1. The molecule has 3 heterocycles. The quantitative estimate of drug-likeness (QED) is 0.333. The standard InChI is InChI=1S/C15H18N2O2.C10H14N4OS2/c1-2-14(18)16-13-8-6-12(7-9-13)15(19)17-10-4-3-5-11-17;1-10(2,3)6-4-12-7(15-6)5-16-9-14-13-8(11)17-9/h2,6-9H,1,3-5,10-11H2,(H,16,18);4H,5H2,1-3H3,(H2,11,13). The molecule has 0 unspecified atom stereocenters. The van der Waals surface area contributed by atoms with E-state index in [4.69, 9.17) is 10.2 Å². The van der Waals surface area contributed by atoms with Gasteiger partial charge in [-0.05, 0) is 49.6 Å². The number of carbonyl (C=O) groups excluding carboxylic acids is 2. The second-order valence-electron chi connectivity index (χ2n) is 9.19. The van der Waals surface area contributed by atoms with Gasteiger partial charge in [0.25, 0.3) is 5.91 Å². The molecular weight excluding hydrogens is 496 g/mol. The summed E-state index contributed by atoms with van der Waals surface area (Å²) in [6, 6.07) is 6.96. The smallest absolute Gasteiger partial charge is 0.253 e. The monoisotopic (exact) mass is 528 g/mol. The molecule has 1 aliphatic rings. The molecule has 1 fully saturated rings. The predicted molar refractivity (Wildman–Crippen MR) is 144 cm³/mol. The van der Waals surface area contributed by atoms with Crippen LogP contribution in [0.4, 0.5) is 10.8 Å². The minimum atomic E-state index is -0.255. The molecule has 0 radical (unpaired) electrons. The van der Waals surface area contributed by atoms with Gasteiger partial charge in [-0.15, -0.1) is 10.2 Å². The first kappa shape index (κ1) is 27.4. The predicted octanol–water partition coefficient (Wildman–Crippen LogP) is 5.14. The number of rotatable bonds is 6. The molecule has 0 spiro atoms. The van der Waals surface area contributed by atoms with E-state index in [9.17, 15) is 9.59 Å². The number of nitrogens with two attached hydrogens (primary N) is 1. The van der Waals surface area contributed by atoms with Crippen LogP contribution in [-0.4, -0.2) is 45.0 Å². The van der Waals surface area contributed by atoms with Crippen molar-refractivity contribution in [3.8, 4) is 0 Å². The van der Waals surface area contributed by atoms with Crippen LogP contribution in [0.1, 0.15) is 62.0 Å². The number of piperidine rings is 1. The first-order valence-corrected chi connectivity index (χ1v) is 13.5. The van der Waals surface area contributed by atoms with Gasteiger partial charge < -0.3 is 20.4 Å². The van der Waals surface area contributed by atoms with Crippen LogP contribution in [0.25, 0.3) is 0 Å². The van der Waals surface area contributed by atoms with E-state index in [1.807, 2.05) is 4.90 Å². The zero-order chi connectivity index (χ0) is 26.1. The fourth-order valence-corrected chi connectivity index (χ4v) is 4.78. The third kappa shape index (κ3) is 8.20. The number of aromatic nitrogens is 3. The number of anilines is 2. The number of nitrogens with one attached hydrogen (secondary N) is 1. The van der Waals surface area contributed by atoms with Crippen molar-refractivity contribution in [2.24, 2.45) is 0 Å². The second-order valence-corrected chi connectivity index (χ2v) is 11.4. The third-order valence-corrected chi connectivity index (χ3v) is 7.13. The molecule has 2 amide bonds. The molecule has 3 aromatic rings. The van der Waals surface area contributed by atoms with Gasteiger partial charge in [0.05, 0.1) is 11.9 Å². The summed E-state index contributed by atoms with van der Waals surface area (Å²) in [5, 5.41) is 10.8. The summed E-state index contributed by atoms with van der Waals surface area (Å²) in [5.41, 5.74) is 6.82. The van der Waals surface area contributed by atoms with Crippen molar-refractivity contribution < 1.29 is 14.0 Å². The number of benzene rings is 1. The molecule has 1 aliphatic heterocycles. The highest BCUT2D eigenvalue weighted by Gasteiger charge is 2.19. The lowest BCUT2D eigenvalue weighted by Gasteiger charge is -2.26. The highest BCUT2D eigenvalue weighted by Crippen LogP contribution is 2.28. The summed E-state index contributed by atoms with van der Waals surface area (Å²) < 4.78 is 6.50. The van der Waals surface area contributed by atoms with Crippen molar-refractivity contribution in [3.63, 3.8) is 0 Å². The average molecular weight is 529 g/mol. The van der Waals surface area contributed by atoms with Gasteiger partial charge in [0, 0.05) is 29.8 Å². The van der Waals surface area contributed by atoms with Crippen LogP contribution in [0.5, 0.6) is 0 Å². The first-order valence-electron chi connectivity index (χ1n) is 11.7. The maximum atomic E-state index is 12.2. The summed E-state index contributed by atoms with van der Waals surface area (Å²) >= 11 is 2.90. The minimum absolute atomic E-state index is 0.0108. The van der Waals surface area contributed by atoms with E-state index in [0.29, 0.717) is 28.0 Å². The lowest BCUT2D eigenvalue weighted by Crippen LogP contribution is -2.35. The zero-order valence-electron chi connectivity index (χ0n) is 20.8. The molecule has 192 valence electrons. The van der Waals surface area contributed by atoms with Crippen LogP contribution in [0.3, 0.4) is 0 Å². The Balaban J connectivity index is 0.000000202. The lowest BCUT2D eigenvalue weighted by atomic mass is 9.94. The van der Waals surface area contributed by atoms with Crippen molar-refractivity contribution in [2.45, 2.75) is 55.5 Å². The normalized spacial score (nSPS) is 13.5. The van der Waals surface area contributed by atoms with E-state index < -0.39 is 0 Å². The van der Waals surface area contributed by atoms with Gasteiger partial charge in [0.15, 0.2) is 4.34 Å². The molecule has 1 saturated heterocycles. The van der Waals surface area contributed by atoms with Gasteiger partial charge in [-0.25, -0.2) is 4.98 Å². The van der Waals surface area contributed by atoms with Crippen LogP contribution in [0.2, 0.25) is 0 Å². The number of thioether (sulfide) groups is 1. The number of nitrogens with zero attached hydrogens (tertiary/aromatic N) is 4. The molecule has 0 saturated carbocycles. The van der Waals surface area contributed by atoms with E-state index in [-0.39, 0.29) is 17.2 Å². The van der Waals surface area contributed by atoms with Crippen LogP contribution in [0.15, 0.2) is 51.9 Å². The van der Waals surface area contributed by atoms with Crippen LogP contribution in [-0.2, 0) is 16.0 Å². The topological polar surface area (TPSA) is 127 Å². The van der Waals surface area contributed by atoms with Crippen molar-refractivity contribution >= 4 is 45.7 Å². The van der Waals surface area contributed by atoms with Gasteiger partial charge >= 0.3 is 0 Å². The van der Waals surface area contributed by atoms with Crippen molar-refractivity contribution in [3.05, 3.63) is 60.3 Å². The average Bonchev–Trinajstić information content (AvgIpc) is 3.52. The summed E-state index contributed by atoms with van der Waals surface area (Å²) in [6.45, 7) is 11.4. The fourth-order valence-electron chi connectivity index (χ4n) is 3.29. The maximum Gasteiger partial charge on any atom is 0.253 e. The van der Waals surface area contributed by atoms with E-state index in [2.05, 4.69) is 47.8 Å². The van der Waals surface area contributed by atoms with E-state index in [1.54, 1.807) is 30.5 Å². The van der Waals surface area contributed by atoms with E-state index in [0.717, 1.165) is 36.0 Å². The van der Waals surface area contributed by atoms with Gasteiger partial charge in [0.1, 0.15) is 5.76 Å². The van der Waals surface area contributed by atoms with Gasteiger partial charge in [0.2, 0.25) is 16.9 Å². The summed E-state index contributed by atoms with van der Waals surface area (Å²) in [5.74, 6) is 2.06. The van der Waals surface area contributed by atoms with Gasteiger partial charge in [-0.3, -0.25) is 9.59 Å². The number of likely N-dealkylation sites (tertiary alicyclic amines) is 1. The molecule has 0 bridgehead atoms. The summed E-state index contributed by atoms with van der Waals surface area (Å²) in [6.07, 6.45) is 6.37. The summed E-state index contributed by atoms with van der Waals surface area (Å²) in [7, 11) is 0. The van der Waals surface area contributed by atoms with Gasteiger partial charge in [-0.1, -0.05) is 50.4 Å². The van der Waals surface area contributed by atoms with E-state index in [1.165, 1.54) is 35.6 Å². The van der Waals surface area contributed by atoms with Crippen LogP contribution in [0, 0.1) is 0 Å². The number of carbonyl (C=O) groups is 2. The SMILES string of the molecule is C=CC(=O)Nc1ccc(C(=O)N2CCCCC2)cc1.CC(C)(C)c1cnc(CSc2nnc(N)s2)o1. The Morgan fingerprint density at radius 2 is 1.89 bits per heavy atom. The lowest BCUT2D eigenvalue weighted by molar-refractivity contribution is -0.111. The first-order chi connectivity index (χ1) is 17.2. The third-order valence-electron chi connectivity index (χ3n) is 5.26. The Morgan fingerprint density at radius 3 is 2.44 bits per heavy atom. The minimum Gasteiger partial charge on any atom is -0.444 e. The molecule has 4 rings (SSSR count). The Kier molecular flexibility index (Phi) is 9.65.